The van der Waals surface area contributed by atoms with Crippen LogP contribution in [-0.2, 0) is 26.7 Å². The average molecular weight is 182 g/mol. The first-order valence-corrected chi connectivity index (χ1v) is 2.37. The molecule has 0 rings (SSSR count). The molecule has 0 aromatic carbocycles. The molecule has 0 spiro atoms. The van der Waals surface area contributed by atoms with E-state index in [1.165, 1.54) is 6.92 Å². The van der Waals surface area contributed by atoms with Crippen molar-refractivity contribution in [1.82, 2.24) is 5.48 Å². The summed E-state index contributed by atoms with van der Waals surface area (Å²) >= 11 is 0. The predicted octanol–water partition coefficient (Wildman–Crippen LogP) is -0.990. The summed E-state index contributed by atoms with van der Waals surface area (Å²) in [5, 5.41) is 0. The van der Waals surface area contributed by atoms with Gasteiger partial charge in [-0.1, -0.05) is 0 Å². The summed E-state index contributed by atoms with van der Waals surface area (Å²) in [4.78, 5) is 14.3. The first-order chi connectivity index (χ1) is 3.77. The molecule has 0 aromatic rings. The van der Waals surface area contributed by atoms with Gasteiger partial charge in [-0.15, -0.1) is 0 Å². The quantitative estimate of drug-likeness (QED) is 0.334. The molecule has 0 aliphatic heterocycles. The van der Waals surface area contributed by atoms with Gasteiger partial charge in [-0.25, -0.2) is 0 Å². The fourth-order valence-electron chi connectivity index (χ4n) is 0.212. The molecule has 59 valence electrons. The molecule has 1 radical (unpaired) electrons. The van der Waals surface area contributed by atoms with Crippen LogP contribution in [0.3, 0.4) is 0 Å². The molecule has 4 nitrogen and oxygen atoms in total. The Morgan fingerprint density at radius 2 is 2.33 bits per heavy atom. The van der Waals surface area contributed by atoms with Gasteiger partial charge >= 0.3 is 5.97 Å². The molecule has 0 aromatic heterocycles. The Morgan fingerprint density at radius 3 is 2.67 bits per heavy atom. The van der Waals surface area contributed by atoms with Crippen LogP contribution in [0.15, 0.2) is 0 Å². The van der Waals surface area contributed by atoms with Crippen molar-refractivity contribution in [2.24, 2.45) is 5.73 Å². The zero-order valence-corrected chi connectivity index (χ0v) is 6.05. The molecular weight excluding hydrogens is 172 g/mol. The molecule has 0 unspecified atom stereocenters. The standard InChI is InChI=1S/C4H10N2O2.Cu/c1-4(7)8-6-3-2-5;/h6H,2-3,5H2,1H3;. The fourth-order valence-corrected chi connectivity index (χ4v) is 0.212. The number of hydrogen-bond acceptors (Lipinski definition) is 4. The molecule has 0 aliphatic rings. The van der Waals surface area contributed by atoms with E-state index in [1.54, 1.807) is 0 Å². The second-order valence-electron chi connectivity index (χ2n) is 1.28. The molecule has 0 aliphatic carbocycles. The Hall–Kier alpha value is -0.0905. The molecular formula is C4H10CuN2O2. The van der Waals surface area contributed by atoms with Crippen molar-refractivity contribution >= 4 is 5.97 Å². The van der Waals surface area contributed by atoms with E-state index in [1.807, 2.05) is 0 Å². The Morgan fingerprint density at radius 1 is 1.78 bits per heavy atom. The molecule has 0 bridgehead atoms. The van der Waals surface area contributed by atoms with E-state index in [2.05, 4.69) is 10.3 Å². The van der Waals surface area contributed by atoms with Crippen molar-refractivity contribution in [3.05, 3.63) is 0 Å². The van der Waals surface area contributed by atoms with Gasteiger partial charge in [-0.05, 0) is 0 Å². The Bertz CT molecular complexity index is 79.0. The average Bonchev–Trinajstić information content (AvgIpc) is 1.66. The summed E-state index contributed by atoms with van der Waals surface area (Å²) in [6, 6.07) is 0. The molecule has 0 saturated heterocycles. The van der Waals surface area contributed by atoms with E-state index >= 15 is 0 Å². The molecule has 3 N–H and O–H groups in total. The monoisotopic (exact) mass is 181 g/mol. The topological polar surface area (TPSA) is 64.3 Å². The van der Waals surface area contributed by atoms with Gasteiger partial charge in [-0.3, -0.25) is 4.79 Å². The summed E-state index contributed by atoms with van der Waals surface area (Å²) < 4.78 is 0. The third kappa shape index (κ3) is 11.5. The van der Waals surface area contributed by atoms with Crippen LogP contribution in [0.25, 0.3) is 0 Å². The normalized spacial score (nSPS) is 7.78. The van der Waals surface area contributed by atoms with Crippen molar-refractivity contribution in [3.63, 3.8) is 0 Å². The SMILES string of the molecule is CC(=O)ONCCN.[Cu]. The Balaban J connectivity index is 0. The maximum atomic E-state index is 9.99. The maximum Gasteiger partial charge on any atom is 0.321 e. The zero-order valence-electron chi connectivity index (χ0n) is 5.11. The van der Waals surface area contributed by atoms with Gasteiger partial charge in [0, 0.05) is 37.1 Å². The van der Waals surface area contributed by atoms with Crippen LogP contribution in [0.1, 0.15) is 6.92 Å². The van der Waals surface area contributed by atoms with E-state index in [4.69, 9.17) is 5.73 Å². The minimum atomic E-state index is -0.349. The van der Waals surface area contributed by atoms with E-state index in [0.29, 0.717) is 13.1 Å². The number of nitrogens with one attached hydrogen (secondary N) is 1. The van der Waals surface area contributed by atoms with Crippen LogP contribution in [0, 0.1) is 0 Å². The van der Waals surface area contributed by atoms with E-state index in [-0.39, 0.29) is 23.0 Å². The van der Waals surface area contributed by atoms with E-state index in [9.17, 15) is 4.79 Å². The Labute approximate surface area is 64.5 Å². The molecule has 0 atom stereocenters. The fraction of sp³-hybridized carbons (Fsp3) is 0.750. The largest absolute Gasteiger partial charge is 0.371 e. The molecule has 5 heteroatoms. The number of hydroxylamine groups is 1. The number of rotatable bonds is 3. The van der Waals surface area contributed by atoms with Crippen molar-refractivity contribution in [1.29, 1.82) is 0 Å². The first kappa shape index (κ1) is 11.7. The van der Waals surface area contributed by atoms with Crippen LogP contribution in [-0.4, -0.2) is 19.1 Å². The van der Waals surface area contributed by atoms with Gasteiger partial charge in [0.1, 0.15) is 0 Å². The van der Waals surface area contributed by atoms with Crippen LogP contribution in [0.4, 0.5) is 0 Å². The van der Waals surface area contributed by atoms with Gasteiger partial charge in [0.15, 0.2) is 0 Å². The zero-order chi connectivity index (χ0) is 6.41. The summed E-state index contributed by atoms with van der Waals surface area (Å²) in [6.07, 6.45) is 0. The van der Waals surface area contributed by atoms with E-state index in [0.717, 1.165) is 0 Å². The third-order valence-corrected chi connectivity index (χ3v) is 0.462. The number of carbonyl (C=O) groups excluding carboxylic acids is 1. The predicted molar refractivity (Wildman–Crippen MR) is 28.8 cm³/mol. The molecule has 0 saturated carbocycles. The molecule has 0 amide bonds. The van der Waals surface area contributed by atoms with Crippen LogP contribution < -0.4 is 11.2 Å². The summed E-state index contributed by atoms with van der Waals surface area (Å²) in [7, 11) is 0. The van der Waals surface area contributed by atoms with Gasteiger partial charge in [0.05, 0.1) is 0 Å². The van der Waals surface area contributed by atoms with E-state index < -0.39 is 0 Å². The Kier molecular flexibility index (Phi) is 10.3. The smallest absolute Gasteiger partial charge is 0.321 e. The van der Waals surface area contributed by atoms with Gasteiger partial charge in [0.25, 0.3) is 0 Å². The molecule has 0 fully saturated rings. The van der Waals surface area contributed by atoms with Gasteiger partial charge < -0.3 is 10.6 Å². The number of nitrogens with two attached hydrogens (primary N) is 1. The summed E-state index contributed by atoms with van der Waals surface area (Å²) in [5.74, 6) is -0.349. The first-order valence-electron chi connectivity index (χ1n) is 2.37. The maximum absolute atomic E-state index is 9.99. The third-order valence-electron chi connectivity index (χ3n) is 0.462. The van der Waals surface area contributed by atoms with Crippen LogP contribution in [0.2, 0.25) is 0 Å². The van der Waals surface area contributed by atoms with Crippen LogP contribution in [0.5, 0.6) is 0 Å². The van der Waals surface area contributed by atoms with Crippen molar-refractivity contribution in [2.75, 3.05) is 13.1 Å². The molecule has 0 heterocycles. The van der Waals surface area contributed by atoms with Gasteiger partial charge in [-0.2, -0.15) is 5.48 Å². The summed E-state index contributed by atoms with van der Waals surface area (Å²) in [5.41, 5.74) is 7.42. The van der Waals surface area contributed by atoms with Crippen LogP contribution >= 0.6 is 0 Å². The number of carbonyl (C=O) groups is 1. The summed E-state index contributed by atoms with van der Waals surface area (Å²) in [6.45, 7) is 2.29. The van der Waals surface area contributed by atoms with Crippen molar-refractivity contribution < 1.29 is 26.7 Å². The second-order valence-corrected chi connectivity index (χ2v) is 1.28. The number of hydrogen-bond donors (Lipinski definition) is 2. The van der Waals surface area contributed by atoms with Crippen molar-refractivity contribution in [3.8, 4) is 0 Å². The second kappa shape index (κ2) is 7.91. The molecule has 9 heavy (non-hydrogen) atoms. The minimum absolute atomic E-state index is 0. The minimum Gasteiger partial charge on any atom is -0.371 e. The van der Waals surface area contributed by atoms with Crippen molar-refractivity contribution in [2.45, 2.75) is 6.92 Å². The van der Waals surface area contributed by atoms with Gasteiger partial charge in [0.2, 0.25) is 0 Å².